The van der Waals surface area contributed by atoms with E-state index in [4.69, 9.17) is 9.26 Å². The van der Waals surface area contributed by atoms with Crippen molar-refractivity contribution >= 4 is 5.97 Å². The Morgan fingerprint density at radius 2 is 2.14 bits per heavy atom. The Bertz CT molecular complexity index is 732. The number of benzene rings is 1. The fourth-order valence-electron chi connectivity index (χ4n) is 1.78. The fraction of sp³-hybridized carbons (Fsp3) is 0.143. The number of nitrogens with zero attached hydrogens (tertiary/aromatic N) is 4. The van der Waals surface area contributed by atoms with Gasteiger partial charge in [-0.15, -0.1) is 0 Å². The van der Waals surface area contributed by atoms with Crippen molar-refractivity contribution < 1.29 is 14.1 Å². The average molecular weight is 284 g/mol. The van der Waals surface area contributed by atoms with Crippen LogP contribution in [-0.2, 0) is 11.3 Å². The number of hydrogen-bond donors (Lipinski definition) is 0. The van der Waals surface area contributed by atoms with E-state index < -0.39 is 5.97 Å². The van der Waals surface area contributed by atoms with Crippen LogP contribution < -0.4 is 0 Å². The van der Waals surface area contributed by atoms with Gasteiger partial charge in [-0.25, -0.2) is 9.48 Å². The fourth-order valence-corrected chi connectivity index (χ4v) is 1.78. The molecule has 0 spiro atoms. The molecule has 0 fully saturated rings. The maximum absolute atomic E-state index is 11.9. The van der Waals surface area contributed by atoms with Gasteiger partial charge in [-0.2, -0.15) is 10.1 Å². The van der Waals surface area contributed by atoms with Crippen LogP contribution in [0, 0.1) is 6.92 Å². The Kier molecular flexibility index (Phi) is 3.46. The van der Waals surface area contributed by atoms with Gasteiger partial charge in [0.15, 0.2) is 12.4 Å². The second-order valence-corrected chi connectivity index (χ2v) is 4.31. The molecule has 1 aromatic carbocycles. The number of aryl methyl sites for hydroxylation is 1. The summed E-state index contributed by atoms with van der Waals surface area (Å²) in [4.78, 5) is 15.8. The second-order valence-electron chi connectivity index (χ2n) is 4.31. The molecule has 0 amide bonds. The lowest BCUT2D eigenvalue weighted by atomic mass is 10.2. The molecule has 0 aliphatic carbocycles. The molecule has 0 saturated heterocycles. The molecule has 0 bridgehead atoms. The van der Waals surface area contributed by atoms with Gasteiger partial charge < -0.3 is 9.26 Å². The van der Waals surface area contributed by atoms with Crippen LogP contribution in [0.5, 0.6) is 0 Å². The van der Waals surface area contributed by atoms with Crippen LogP contribution in [0.25, 0.3) is 5.69 Å². The predicted molar refractivity (Wildman–Crippen MR) is 71.7 cm³/mol. The number of rotatable bonds is 4. The third-order valence-electron chi connectivity index (χ3n) is 2.77. The molecule has 2 aromatic heterocycles. The van der Waals surface area contributed by atoms with Crippen LogP contribution in [0.1, 0.15) is 22.1 Å². The number of esters is 1. The first kappa shape index (κ1) is 13.0. The Labute approximate surface area is 120 Å². The van der Waals surface area contributed by atoms with E-state index in [0.29, 0.717) is 11.4 Å². The molecule has 0 N–H and O–H groups in total. The molecule has 0 unspecified atom stereocenters. The summed E-state index contributed by atoms with van der Waals surface area (Å²) < 4.78 is 11.7. The van der Waals surface area contributed by atoms with Gasteiger partial charge >= 0.3 is 5.97 Å². The third kappa shape index (κ3) is 2.97. The minimum atomic E-state index is -0.446. The molecule has 7 heteroatoms. The summed E-state index contributed by atoms with van der Waals surface area (Å²) in [5.41, 5.74) is 1.31. The van der Waals surface area contributed by atoms with Gasteiger partial charge in [0.1, 0.15) is 0 Å². The molecule has 3 rings (SSSR count). The summed E-state index contributed by atoms with van der Waals surface area (Å²) in [6.45, 7) is 1.66. The highest BCUT2D eigenvalue weighted by Crippen LogP contribution is 2.10. The van der Waals surface area contributed by atoms with Crippen molar-refractivity contribution in [1.29, 1.82) is 0 Å². The quantitative estimate of drug-likeness (QED) is 0.681. The normalized spacial score (nSPS) is 10.5. The highest BCUT2D eigenvalue weighted by atomic mass is 16.6. The van der Waals surface area contributed by atoms with E-state index in [1.54, 1.807) is 42.1 Å². The van der Waals surface area contributed by atoms with Gasteiger partial charge in [0.25, 0.3) is 5.89 Å². The summed E-state index contributed by atoms with van der Waals surface area (Å²) in [5.74, 6) is 0.330. The van der Waals surface area contributed by atoms with Crippen molar-refractivity contribution in [3.63, 3.8) is 0 Å². The van der Waals surface area contributed by atoms with E-state index in [0.717, 1.165) is 5.69 Å². The number of ether oxygens (including phenoxy) is 1. The Morgan fingerprint density at radius 1 is 1.33 bits per heavy atom. The first-order chi connectivity index (χ1) is 10.2. The molecule has 21 heavy (non-hydrogen) atoms. The largest absolute Gasteiger partial charge is 0.452 e. The molecule has 0 aliphatic heterocycles. The first-order valence-corrected chi connectivity index (χ1v) is 6.29. The molecular formula is C14H12N4O3. The zero-order valence-corrected chi connectivity index (χ0v) is 11.3. The van der Waals surface area contributed by atoms with Crippen molar-refractivity contribution in [2.75, 3.05) is 0 Å². The summed E-state index contributed by atoms with van der Waals surface area (Å²) in [7, 11) is 0. The lowest BCUT2D eigenvalue weighted by Crippen LogP contribution is -2.06. The highest BCUT2D eigenvalue weighted by Gasteiger charge is 2.10. The first-order valence-electron chi connectivity index (χ1n) is 6.29. The number of carbonyl (C=O) groups is 1. The lowest BCUT2D eigenvalue weighted by molar-refractivity contribution is 0.0430. The van der Waals surface area contributed by atoms with E-state index in [-0.39, 0.29) is 12.5 Å². The standard InChI is InChI=1S/C14H12N4O3/c1-10-16-13(21-17-10)9-20-14(19)11-3-5-12(6-4-11)18-8-2-7-15-18/h2-8H,9H2,1H3. The maximum Gasteiger partial charge on any atom is 0.338 e. The van der Waals surface area contributed by atoms with Crippen molar-refractivity contribution in [2.24, 2.45) is 0 Å². The van der Waals surface area contributed by atoms with E-state index in [1.165, 1.54) is 0 Å². The van der Waals surface area contributed by atoms with E-state index in [2.05, 4.69) is 15.2 Å². The molecule has 0 atom stereocenters. The van der Waals surface area contributed by atoms with Crippen molar-refractivity contribution in [1.82, 2.24) is 19.9 Å². The minimum absolute atomic E-state index is 0.0411. The monoisotopic (exact) mass is 284 g/mol. The molecule has 3 aromatic rings. The number of carbonyl (C=O) groups excluding carboxylic acids is 1. The van der Waals surface area contributed by atoms with E-state index in [9.17, 15) is 4.79 Å². The lowest BCUT2D eigenvalue weighted by Gasteiger charge is -2.04. The molecule has 2 heterocycles. The van der Waals surface area contributed by atoms with Crippen molar-refractivity contribution in [3.05, 3.63) is 60.0 Å². The molecule has 0 radical (unpaired) electrons. The highest BCUT2D eigenvalue weighted by molar-refractivity contribution is 5.89. The topological polar surface area (TPSA) is 83.0 Å². The van der Waals surface area contributed by atoms with E-state index in [1.807, 2.05) is 12.3 Å². The SMILES string of the molecule is Cc1noc(COC(=O)c2ccc(-n3cccn3)cc2)n1. The minimum Gasteiger partial charge on any atom is -0.452 e. The zero-order chi connectivity index (χ0) is 14.7. The molecule has 106 valence electrons. The third-order valence-corrected chi connectivity index (χ3v) is 2.77. The molecular weight excluding hydrogens is 272 g/mol. The van der Waals surface area contributed by atoms with Crippen LogP contribution in [0.3, 0.4) is 0 Å². The van der Waals surface area contributed by atoms with Crippen LogP contribution >= 0.6 is 0 Å². The average Bonchev–Trinajstić information content (AvgIpc) is 3.16. The van der Waals surface area contributed by atoms with Crippen LogP contribution in [-0.4, -0.2) is 25.9 Å². The van der Waals surface area contributed by atoms with Crippen LogP contribution in [0.4, 0.5) is 0 Å². The van der Waals surface area contributed by atoms with Gasteiger partial charge in [0, 0.05) is 12.4 Å². The Balaban J connectivity index is 1.65. The van der Waals surface area contributed by atoms with Gasteiger partial charge in [0.2, 0.25) is 0 Å². The number of aromatic nitrogens is 4. The summed E-state index contributed by atoms with van der Waals surface area (Å²) >= 11 is 0. The van der Waals surface area contributed by atoms with Gasteiger partial charge in [-0.1, -0.05) is 5.16 Å². The smallest absolute Gasteiger partial charge is 0.338 e. The molecule has 0 aliphatic rings. The van der Waals surface area contributed by atoms with E-state index >= 15 is 0 Å². The van der Waals surface area contributed by atoms with Gasteiger partial charge in [0.05, 0.1) is 11.3 Å². The summed E-state index contributed by atoms with van der Waals surface area (Å²) in [6.07, 6.45) is 3.51. The molecule has 7 nitrogen and oxygen atoms in total. The van der Waals surface area contributed by atoms with Gasteiger partial charge in [-0.05, 0) is 37.3 Å². The Morgan fingerprint density at radius 3 is 2.76 bits per heavy atom. The molecule has 0 saturated carbocycles. The van der Waals surface area contributed by atoms with Crippen molar-refractivity contribution in [2.45, 2.75) is 13.5 Å². The zero-order valence-electron chi connectivity index (χ0n) is 11.3. The van der Waals surface area contributed by atoms with Crippen molar-refractivity contribution in [3.8, 4) is 5.69 Å². The second kappa shape index (κ2) is 5.58. The van der Waals surface area contributed by atoms with Gasteiger partial charge in [-0.3, -0.25) is 0 Å². The summed E-state index contributed by atoms with van der Waals surface area (Å²) in [5, 5.41) is 7.73. The Hall–Kier alpha value is -2.96. The summed E-state index contributed by atoms with van der Waals surface area (Å²) in [6, 6.07) is 8.77. The maximum atomic E-state index is 11.9. The number of hydrogen-bond acceptors (Lipinski definition) is 6. The van der Waals surface area contributed by atoms with Crippen LogP contribution in [0.15, 0.2) is 47.2 Å². The predicted octanol–water partition coefficient (Wildman–Crippen LogP) is 1.92. The van der Waals surface area contributed by atoms with Crippen LogP contribution in [0.2, 0.25) is 0 Å².